The van der Waals surface area contributed by atoms with Crippen molar-refractivity contribution in [2.24, 2.45) is 7.05 Å². The minimum Gasteiger partial charge on any atom is -0.504 e. The second kappa shape index (κ2) is 4.68. The molecule has 0 fully saturated rings. The number of phenols is 1. The van der Waals surface area contributed by atoms with Crippen molar-refractivity contribution in [2.45, 2.75) is 0 Å². The quantitative estimate of drug-likeness (QED) is 0.881. The summed E-state index contributed by atoms with van der Waals surface area (Å²) in [5.41, 5.74) is 6.19. The Labute approximate surface area is 109 Å². The third-order valence-electron chi connectivity index (χ3n) is 2.78. The summed E-state index contributed by atoms with van der Waals surface area (Å²) < 4.78 is 25.3. The molecule has 1 aromatic heterocycles. The number of methoxy groups -OCH3 is 2. The average Bonchev–Trinajstić information content (AvgIpc) is 2.72. The predicted octanol–water partition coefficient (Wildman–Crippen LogP) is 1.53. The molecule has 0 saturated carbocycles. The van der Waals surface area contributed by atoms with Crippen molar-refractivity contribution in [3.05, 3.63) is 17.9 Å². The van der Waals surface area contributed by atoms with E-state index in [0.29, 0.717) is 11.5 Å². The lowest BCUT2D eigenvalue weighted by Gasteiger charge is -2.12. The summed E-state index contributed by atoms with van der Waals surface area (Å²) >= 11 is 0. The van der Waals surface area contributed by atoms with Crippen LogP contribution in [0.4, 0.5) is 10.2 Å². The van der Waals surface area contributed by atoms with Gasteiger partial charge in [-0.15, -0.1) is 0 Å². The fourth-order valence-corrected chi connectivity index (χ4v) is 1.75. The number of ether oxygens (including phenoxy) is 2. The Bertz CT molecular complexity index is 606. The molecule has 0 radical (unpaired) electrons. The molecule has 0 aliphatic rings. The van der Waals surface area contributed by atoms with Crippen molar-refractivity contribution in [1.82, 2.24) is 9.78 Å². The Hall–Kier alpha value is -2.44. The van der Waals surface area contributed by atoms with Crippen LogP contribution in [-0.4, -0.2) is 29.1 Å². The van der Waals surface area contributed by atoms with E-state index < -0.39 is 11.6 Å². The minimum atomic E-state index is -0.902. The molecule has 1 heterocycles. The number of rotatable bonds is 3. The van der Waals surface area contributed by atoms with E-state index in [1.165, 1.54) is 31.0 Å². The van der Waals surface area contributed by atoms with Crippen LogP contribution < -0.4 is 15.2 Å². The molecule has 2 aromatic rings. The third kappa shape index (κ3) is 2.03. The molecule has 0 amide bonds. The zero-order valence-corrected chi connectivity index (χ0v) is 10.8. The molecule has 0 saturated heterocycles. The second-order valence-corrected chi connectivity index (χ2v) is 3.90. The summed E-state index contributed by atoms with van der Waals surface area (Å²) in [4.78, 5) is 0. The van der Waals surface area contributed by atoms with Gasteiger partial charge in [0.05, 0.1) is 25.5 Å². The van der Waals surface area contributed by atoms with E-state index in [0.717, 1.165) is 0 Å². The van der Waals surface area contributed by atoms with Crippen molar-refractivity contribution < 1.29 is 19.0 Å². The van der Waals surface area contributed by atoms with Gasteiger partial charge in [0.25, 0.3) is 0 Å². The molecule has 19 heavy (non-hydrogen) atoms. The number of nitrogens with two attached hydrogens (primary N) is 1. The number of hydrogen-bond donors (Lipinski definition) is 2. The van der Waals surface area contributed by atoms with Crippen LogP contribution in [0.3, 0.4) is 0 Å². The highest BCUT2D eigenvalue weighted by Gasteiger charge is 2.21. The molecular weight excluding hydrogens is 253 g/mol. The standard InChI is InChI=1S/C12H14FN3O3/c1-16-9(14)5-7(15-16)6-4-8(18-2)12(19-3)10(13)11(6)17/h4-5,17H,14H2,1-3H3. The predicted molar refractivity (Wildman–Crippen MR) is 67.8 cm³/mol. The van der Waals surface area contributed by atoms with Crippen molar-refractivity contribution in [3.8, 4) is 28.5 Å². The number of hydrogen-bond acceptors (Lipinski definition) is 5. The van der Waals surface area contributed by atoms with Crippen molar-refractivity contribution in [3.63, 3.8) is 0 Å². The minimum absolute atomic E-state index is 0.160. The van der Waals surface area contributed by atoms with Crippen LogP contribution in [0.25, 0.3) is 11.3 Å². The van der Waals surface area contributed by atoms with E-state index in [1.54, 1.807) is 7.05 Å². The zero-order valence-electron chi connectivity index (χ0n) is 10.8. The van der Waals surface area contributed by atoms with E-state index in [1.807, 2.05) is 0 Å². The van der Waals surface area contributed by atoms with Crippen LogP contribution in [0, 0.1) is 5.82 Å². The SMILES string of the molecule is COc1cc(-c2cc(N)n(C)n2)c(O)c(F)c1OC. The molecule has 6 nitrogen and oxygen atoms in total. The molecule has 3 N–H and O–H groups in total. The number of anilines is 1. The fourth-order valence-electron chi connectivity index (χ4n) is 1.75. The number of aromatic nitrogens is 2. The monoisotopic (exact) mass is 267 g/mol. The van der Waals surface area contributed by atoms with Crippen molar-refractivity contribution in [2.75, 3.05) is 20.0 Å². The van der Waals surface area contributed by atoms with Gasteiger partial charge in [-0.2, -0.15) is 9.49 Å². The Morgan fingerprint density at radius 3 is 2.47 bits per heavy atom. The molecule has 0 unspecified atom stereocenters. The van der Waals surface area contributed by atoms with Crippen LogP contribution in [-0.2, 0) is 7.05 Å². The first-order valence-electron chi connectivity index (χ1n) is 5.43. The maximum Gasteiger partial charge on any atom is 0.211 e. The maximum absolute atomic E-state index is 14.0. The first-order valence-corrected chi connectivity index (χ1v) is 5.43. The Kier molecular flexibility index (Phi) is 3.20. The van der Waals surface area contributed by atoms with Gasteiger partial charge in [-0.1, -0.05) is 0 Å². The normalized spacial score (nSPS) is 10.5. The molecule has 1 aromatic carbocycles. The van der Waals surface area contributed by atoms with Gasteiger partial charge in [-0.25, -0.2) is 0 Å². The number of halogens is 1. The summed E-state index contributed by atoms with van der Waals surface area (Å²) in [5, 5.41) is 14.0. The lowest BCUT2D eigenvalue weighted by atomic mass is 10.1. The second-order valence-electron chi connectivity index (χ2n) is 3.90. The highest BCUT2D eigenvalue weighted by atomic mass is 19.1. The summed E-state index contributed by atoms with van der Waals surface area (Å²) in [6, 6.07) is 2.97. The molecule has 0 aliphatic carbocycles. The van der Waals surface area contributed by atoms with E-state index in [-0.39, 0.29) is 17.1 Å². The first-order chi connectivity index (χ1) is 8.99. The van der Waals surface area contributed by atoms with Gasteiger partial charge in [-0.05, 0) is 6.07 Å². The summed E-state index contributed by atoms with van der Waals surface area (Å²) in [7, 11) is 4.32. The number of nitrogen functional groups attached to an aromatic ring is 1. The highest BCUT2D eigenvalue weighted by molar-refractivity contribution is 5.73. The van der Waals surface area contributed by atoms with Gasteiger partial charge in [0, 0.05) is 13.1 Å². The summed E-state index contributed by atoms with van der Waals surface area (Å²) in [5.74, 6) is -1.06. The van der Waals surface area contributed by atoms with Crippen LogP contribution in [0.15, 0.2) is 12.1 Å². The van der Waals surface area contributed by atoms with E-state index in [9.17, 15) is 9.50 Å². The van der Waals surface area contributed by atoms with Gasteiger partial charge >= 0.3 is 0 Å². The van der Waals surface area contributed by atoms with Gasteiger partial charge in [0.1, 0.15) is 5.82 Å². The van der Waals surface area contributed by atoms with Gasteiger partial charge in [-0.3, -0.25) is 4.68 Å². The van der Waals surface area contributed by atoms with Crippen LogP contribution >= 0.6 is 0 Å². The third-order valence-corrected chi connectivity index (χ3v) is 2.78. The van der Waals surface area contributed by atoms with Crippen LogP contribution in [0.2, 0.25) is 0 Å². The summed E-state index contributed by atoms with van der Waals surface area (Å²) in [6.07, 6.45) is 0. The number of phenolic OH excluding ortho intramolecular Hbond substituents is 1. The first kappa shape index (κ1) is 13.0. The van der Waals surface area contributed by atoms with Gasteiger partial charge < -0.3 is 20.3 Å². The number of benzene rings is 1. The molecule has 0 spiro atoms. The van der Waals surface area contributed by atoms with Crippen molar-refractivity contribution >= 4 is 5.82 Å². The Morgan fingerprint density at radius 2 is 2.00 bits per heavy atom. The summed E-state index contributed by atoms with van der Waals surface area (Å²) in [6.45, 7) is 0. The van der Waals surface area contributed by atoms with Gasteiger partial charge in [0.15, 0.2) is 11.5 Å². The highest BCUT2D eigenvalue weighted by Crippen LogP contribution is 2.42. The van der Waals surface area contributed by atoms with E-state index >= 15 is 0 Å². The zero-order chi connectivity index (χ0) is 14.2. The number of aryl methyl sites for hydroxylation is 1. The average molecular weight is 267 g/mol. The molecule has 0 atom stereocenters. The van der Waals surface area contributed by atoms with E-state index in [2.05, 4.69) is 5.10 Å². The van der Waals surface area contributed by atoms with Crippen LogP contribution in [0.1, 0.15) is 0 Å². The fraction of sp³-hybridized carbons (Fsp3) is 0.250. The lowest BCUT2D eigenvalue weighted by molar-refractivity contribution is 0.327. The lowest BCUT2D eigenvalue weighted by Crippen LogP contribution is -1.97. The smallest absolute Gasteiger partial charge is 0.211 e. The molecule has 0 aliphatic heterocycles. The maximum atomic E-state index is 14.0. The van der Waals surface area contributed by atoms with Crippen molar-refractivity contribution in [1.29, 1.82) is 0 Å². The molecule has 2 rings (SSSR count). The Morgan fingerprint density at radius 1 is 1.32 bits per heavy atom. The number of nitrogens with zero attached hydrogens (tertiary/aromatic N) is 2. The van der Waals surface area contributed by atoms with E-state index in [4.69, 9.17) is 15.2 Å². The van der Waals surface area contributed by atoms with Gasteiger partial charge in [0.2, 0.25) is 11.6 Å². The topological polar surface area (TPSA) is 82.5 Å². The molecular formula is C12H14FN3O3. The molecule has 0 bridgehead atoms. The Balaban J connectivity index is 2.67. The largest absolute Gasteiger partial charge is 0.504 e. The molecule has 102 valence electrons. The van der Waals surface area contributed by atoms with Crippen LogP contribution in [0.5, 0.6) is 17.2 Å². The molecule has 7 heteroatoms. The number of aromatic hydroxyl groups is 1.